The first-order valence-electron chi connectivity index (χ1n) is 7.74. The first-order chi connectivity index (χ1) is 8.72. The van der Waals surface area contributed by atoms with E-state index in [1.165, 1.54) is 38.5 Å². The second-order valence-corrected chi connectivity index (χ2v) is 6.12. The molecule has 0 aromatic carbocycles. The van der Waals surface area contributed by atoms with Gasteiger partial charge in [0.2, 0.25) is 5.91 Å². The van der Waals surface area contributed by atoms with Gasteiger partial charge in [-0.3, -0.25) is 10.1 Å². The third-order valence-corrected chi connectivity index (χ3v) is 4.81. The summed E-state index contributed by atoms with van der Waals surface area (Å²) in [7, 11) is 0. The van der Waals surface area contributed by atoms with Crippen molar-refractivity contribution >= 4 is 5.91 Å². The molecular weight excluding hydrogens is 224 g/mol. The van der Waals surface area contributed by atoms with Crippen LogP contribution in [0.15, 0.2) is 0 Å². The van der Waals surface area contributed by atoms with E-state index in [1.54, 1.807) is 0 Å². The fraction of sp³-hybridized carbons (Fsp3) is 0.933. The van der Waals surface area contributed by atoms with Crippen LogP contribution in [0.3, 0.4) is 0 Å². The second kappa shape index (κ2) is 6.55. The Labute approximate surface area is 111 Å². The Bertz CT molecular complexity index is 274. The summed E-state index contributed by atoms with van der Waals surface area (Å²) >= 11 is 0. The van der Waals surface area contributed by atoms with Crippen LogP contribution < -0.4 is 5.32 Å². The molecule has 2 aliphatic rings. The van der Waals surface area contributed by atoms with E-state index in [9.17, 15) is 4.79 Å². The minimum atomic E-state index is 0.0708. The van der Waals surface area contributed by atoms with Crippen molar-refractivity contribution in [3.8, 4) is 0 Å². The molecule has 1 amide bonds. The van der Waals surface area contributed by atoms with Crippen LogP contribution in [0.2, 0.25) is 0 Å². The second-order valence-electron chi connectivity index (χ2n) is 6.12. The Kier molecular flexibility index (Phi) is 5.04. The fourth-order valence-corrected chi connectivity index (χ4v) is 3.31. The lowest BCUT2D eigenvalue weighted by Gasteiger charge is -2.18. The molecule has 0 radical (unpaired) electrons. The summed E-state index contributed by atoms with van der Waals surface area (Å²) in [5.41, 5.74) is 0. The average Bonchev–Trinajstić information content (AvgIpc) is 3.00. The van der Waals surface area contributed by atoms with Gasteiger partial charge in [0.25, 0.3) is 0 Å². The molecule has 3 nitrogen and oxygen atoms in total. The molecule has 2 rings (SSSR count). The number of hydrogen-bond acceptors (Lipinski definition) is 2. The van der Waals surface area contributed by atoms with Crippen LogP contribution in [0.25, 0.3) is 0 Å². The highest BCUT2D eigenvalue weighted by atomic mass is 16.2. The van der Waals surface area contributed by atoms with Gasteiger partial charge in [-0.25, -0.2) is 0 Å². The van der Waals surface area contributed by atoms with Crippen molar-refractivity contribution in [2.24, 2.45) is 11.8 Å². The topological polar surface area (TPSA) is 32.3 Å². The molecule has 1 saturated carbocycles. The van der Waals surface area contributed by atoms with Crippen LogP contribution in [0.4, 0.5) is 0 Å². The lowest BCUT2D eigenvalue weighted by molar-refractivity contribution is -0.129. The highest BCUT2D eigenvalue weighted by Gasteiger charge is 2.33. The van der Waals surface area contributed by atoms with E-state index in [0.29, 0.717) is 11.8 Å². The summed E-state index contributed by atoms with van der Waals surface area (Å²) in [5, 5.41) is 3.36. The summed E-state index contributed by atoms with van der Waals surface area (Å²) < 4.78 is 0. The third kappa shape index (κ3) is 3.25. The van der Waals surface area contributed by atoms with Crippen LogP contribution in [0.5, 0.6) is 0 Å². The SMILES string of the molecule is CCC(C)C1NCN(CCCC2CCCC2)C1=O. The van der Waals surface area contributed by atoms with Gasteiger partial charge in [-0.1, -0.05) is 46.0 Å². The number of amides is 1. The van der Waals surface area contributed by atoms with Gasteiger partial charge in [-0.2, -0.15) is 0 Å². The molecule has 104 valence electrons. The highest BCUT2D eigenvalue weighted by Crippen LogP contribution is 2.28. The molecule has 2 fully saturated rings. The average molecular weight is 252 g/mol. The molecule has 1 aliphatic carbocycles. The van der Waals surface area contributed by atoms with Crippen LogP contribution in [0, 0.1) is 11.8 Å². The van der Waals surface area contributed by atoms with Crippen LogP contribution in [-0.2, 0) is 4.79 Å². The van der Waals surface area contributed by atoms with E-state index >= 15 is 0 Å². The summed E-state index contributed by atoms with van der Waals surface area (Å²) in [6, 6.07) is 0.0708. The van der Waals surface area contributed by atoms with Crippen LogP contribution in [-0.4, -0.2) is 30.1 Å². The molecule has 3 heteroatoms. The van der Waals surface area contributed by atoms with Gasteiger partial charge < -0.3 is 4.90 Å². The molecule has 0 aromatic rings. The molecule has 1 N–H and O–H groups in total. The molecule has 0 spiro atoms. The van der Waals surface area contributed by atoms with E-state index < -0.39 is 0 Å². The predicted molar refractivity (Wildman–Crippen MR) is 74.2 cm³/mol. The van der Waals surface area contributed by atoms with Crippen molar-refractivity contribution < 1.29 is 4.79 Å². The molecular formula is C15H28N2O. The van der Waals surface area contributed by atoms with Crippen molar-refractivity contribution in [1.82, 2.24) is 10.2 Å². The fourth-order valence-electron chi connectivity index (χ4n) is 3.31. The Hall–Kier alpha value is -0.570. The van der Waals surface area contributed by atoms with Gasteiger partial charge in [-0.15, -0.1) is 0 Å². The van der Waals surface area contributed by atoms with E-state index in [0.717, 1.165) is 25.6 Å². The Balaban J connectivity index is 1.69. The normalized spacial score (nSPS) is 27.1. The van der Waals surface area contributed by atoms with Crippen LogP contribution >= 0.6 is 0 Å². The Morgan fingerprint density at radius 2 is 2.11 bits per heavy atom. The number of rotatable bonds is 6. The molecule has 1 saturated heterocycles. The van der Waals surface area contributed by atoms with Gasteiger partial charge in [0.1, 0.15) is 0 Å². The van der Waals surface area contributed by atoms with Crippen molar-refractivity contribution in [2.75, 3.05) is 13.2 Å². The zero-order valence-electron chi connectivity index (χ0n) is 12.0. The zero-order valence-corrected chi connectivity index (χ0v) is 12.0. The molecule has 2 unspecified atom stereocenters. The van der Waals surface area contributed by atoms with E-state index in [4.69, 9.17) is 0 Å². The monoisotopic (exact) mass is 252 g/mol. The summed E-state index contributed by atoms with van der Waals surface area (Å²) in [5.74, 6) is 1.73. The van der Waals surface area contributed by atoms with Gasteiger partial charge in [0.15, 0.2) is 0 Å². The minimum absolute atomic E-state index is 0.0708. The highest BCUT2D eigenvalue weighted by molar-refractivity contribution is 5.84. The number of carbonyl (C=O) groups is 1. The number of nitrogens with zero attached hydrogens (tertiary/aromatic N) is 1. The zero-order chi connectivity index (χ0) is 13.0. The lowest BCUT2D eigenvalue weighted by Crippen LogP contribution is -2.36. The van der Waals surface area contributed by atoms with Crippen LogP contribution in [0.1, 0.15) is 58.8 Å². The van der Waals surface area contributed by atoms with Gasteiger partial charge in [0, 0.05) is 6.54 Å². The molecule has 2 atom stereocenters. The van der Waals surface area contributed by atoms with Gasteiger partial charge >= 0.3 is 0 Å². The molecule has 0 aromatic heterocycles. The smallest absolute Gasteiger partial charge is 0.241 e. The Morgan fingerprint density at radius 3 is 2.78 bits per heavy atom. The largest absolute Gasteiger partial charge is 0.329 e. The summed E-state index contributed by atoms with van der Waals surface area (Å²) in [4.78, 5) is 14.2. The molecule has 1 heterocycles. The number of hydrogen-bond donors (Lipinski definition) is 1. The number of nitrogens with one attached hydrogen (secondary N) is 1. The standard InChI is InChI=1S/C15H28N2O/c1-3-12(2)14-15(18)17(11-16-14)10-6-9-13-7-4-5-8-13/h12-14,16H,3-11H2,1-2H3. The summed E-state index contributed by atoms with van der Waals surface area (Å²) in [6.45, 7) is 6.04. The number of carbonyl (C=O) groups excluding carboxylic acids is 1. The van der Waals surface area contributed by atoms with Crippen molar-refractivity contribution in [3.05, 3.63) is 0 Å². The third-order valence-electron chi connectivity index (χ3n) is 4.81. The van der Waals surface area contributed by atoms with Gasteiger partial charge in [0.05, 0.1) is 12.7 Å². The van der Waals surface area contributed by atoms with E-state index in [2.05, 4.69) is 19.2 Å². The summed E-state index contributed by atoms with van der Waals surface area (Å²) in [6.07, 6.45) is 9.25. The minimum Gasteiger partial charge on any atom is -0.329 e. The van der Waals surface area contributed by atoms with Crippen molar-refractivity contribution in [1.29, 1.82) is 0 Å². The predicted octanol–water partition coefficient (Wildman–Crippen LogP) is 2.76. The van der Waals surface area contributed by atoms with Crippen molar-refractivity contribution in [2.45, 2.75) is 64.8 Å². The van der Waals surface area contributed by atoms with E-state index in [-0.39, 0.29) is 6.04 Å². The van der Waals surface area contributed by atoms with E-state index in [1.807, 2.05) is 4.90 Å². The van der Waals surface area contributed by atoms with Gasteiger partial charge in [-0.05, 0) is 24.7 Å². The lowest BCUT2D eigenvalue weighted by atomic mass is 9.99. The maximum Gasteiger partial charge on any atom is 0.241 e. The Morgan fingerprint density at radius 1 is 1.39 bits per heavy atom. The molecule has 1 aliphatic heterocycles. The first-order valence-corrected chi connectivity index (χ1v) is 7.74. The molecule has 0 bridgehead atoms. The maximum atomic E-state index is 12.2. The first kappa shape index (κ1) is 13.9. The molecule has 18 heavy (non-hydrogen) atoms. The van der Waals surface area contributed by atoms with Crippen molar-refractivity contribution in [3.63, 3.8) is 0 Å². The maximum absolute atomic E-state index is 12.2. The quantitative estimate of drug-likeness (QED) is 0.788.